The van der Waals surface area contributed by atoms with Gasteiger partial charge in [-0.3, -0.25) is 0 Å². The van der Waals surface area contributed by atoms with Gasteiger partial charge in [-0.25, -0.2) is 0 Å². The number of hydrogen-bond donors (Lipinski definition) is 1. The molecule has 0 saturated heterocycles. The second-order valence-corrected chi connectivity index (χ2v) is 6.07. The summed E-state index contributed by atoms with van der Waals surface area (Å²) in [6.45, 7) is 8.52. The molecule has 1 saturated carbocycles. The van der Waals surface area contributed by atoms with Crippen LogP contribution in [0.1, 0.15) is 27.2 Å². The maximum absolute atomic E-state index is 5.77. The number of hydrogen-bond acceptors (Lipinski definition) is 4. The van der Waals surface area contributed by atoms with Gasteiger partial charge in [0.2, 0.25) is 0 Å². The number of benzene rings is 1. The van der Waals surface area contributed by atoms with Gasteiger partial charge in [0.1, 0.15) is 12.4 Å². The van der Waals surface area contributed by atoms with Crippen molar-refractivity contribution >= 4 is 5.69 Å². The average Bonchev–Trinajstić information content (AvgIpc) is 2.47. The van der Waals surface area contributed by atoms with E-state index in [1.165, 1.54) is 0 Å². The normalized spacial score (nSPS) is 23.4. The Kier molecular flexibility index (Phi) is 5.48. The lowest BCUT2D eigenvalue weighted by Crippen LogP contribution is -2.58. The van der Waals surface area contributed by atoms with Crippen LogP contribution < -0.4 is 10.1 Å². The lowest BCUT2D eigenvalue weighted by molar-refractivity contribution is -0.0975. The molecule has 1 aromatic carbocycles. The van der Waals surface area contributed by atoms with Gasteiger partial charge in [-0.05, 0) is 25.5 Å². The van der Waals surface area contributed by atoms with E-state index in [9.17, 15) is 0 Å². The van der Waals surface area contributed by atoms with Gasteiger partial charge in [0.15, 0.2) is 0 Å². The molecule has 4 nitrogen and oxygen atoms in total. The molecule has 1 fully saturated rings. The molecule has 1 N–H and O–H groups in total. The second-order valence-electron chi connectivity index (χ2n) is 6.07. The monoisotopic (exact) mass is 293 g/mol. The van der Waals surface area contributed by atoms with E-state index >= 15 is 0 Å². The molecule has 1 aliphatic carbocycles. The Morgan fingerprint density at radius 2 is 2.10 bits per heavy atom. The Morgan fingerprint density at radius 1 is 1.29 bits per heavy atom. The summed E-state index contributed by atoms with van der Waals surface area (Å²) in [7, 11) is 1.68. The second kappa shape index (κ2) is 7.14. The number of methoxy groups -OCH3 is 1. The van der Waals surface area contributed by atoms with Gasteiger partial charge in [0.25, 0.3) is 0 Å². The Bertz CT molecular complexity index is 447. The first-order chi connectivity index (χ1) is 10.1. The summed E-state index contributed by atoms with van der Waals surface area (Å²) in [6.07, 6.45) is 1.40. The van der Waals surface area contributed by atoms with Gasteiger partial charge in [-0.2, -0.15) is 0 Å². The molecule has 2 unspecified atom stereocenters. The fraction of sp³-hybridized carbons (Fsp3) is 0.647. The summed E-state index contributed by atoms with van der Waals surface area (Å²) in [5.41, 5.74) is 1.25. The third kappa shape index (κ3) is 3.89. The number of anilines is 1. The van der Waals surface area contributed by atoms with Crippen LogP contribution in [0.4, 0.5) is 5.69 Å². The molecule has 0 spiro atoms. The molecule has 0 aliphatic heterocycles. The Balaban J connectivity index is 1.90. The molecule has 2 rings (SSSR count). The largest absolute Gasteiger partial charge is 0.491 e. The number of ether oxygens (including phenoxy) is 3. The van der Waals surface area contributed by atoms with Crippen molar-refractivity contribution < 1.29 is 14.2 Å². The minimum Gasteiger partial charge on any atom is -0.491 e. The zero-order valence-corrected chi connectivity index (χ0v) is 13.5. The van der Waals surface area contributed by atoms with Gasteiger partial charge in [-0.15, -0.1) is 0 Å². The van der Waals surface area contributed by atoms with Crippen molar-refractivity contribution in [2.75, 3.05) is 32.2 Å². The fourth-order valence-electron chi connectivity index (χ4n) is 2.73. The molecule has 2 atom stereocenters. The molecule has 0 heterocycles. The van der Waals surface area contributed by atoms with Gasteiger partial charge in [0, 0.05) is 36.9 Å². The van der Waals surface area contributed by atoms with Crippen LogP contribution in [0.3, 0.4) is 0 Å². The van der Waals surface area contributed by atoms with E-state index < -0.39 is 0 Å². The first kappa shape index (κ1) is 16.1. The highest BCUT2D eigenvalue weighted by Crippen LogP contribution is 2.44. The molecular formula is C17H27NO3. The predicted octanol–water partition coefficient (Wildman–Crippen LogP) is 3.33. The highest BCUT2D eigenvalue weighted by Gasteiger charge is 2.48. The predicted molar refractivity (Wildman–Crippen MR) is 85.0 cm³/mol. The molecule has 1 aliphatic rings. The van der Waals surface area contributed by atoms with E-state index in [1.807, 2.05) is 18.2 Å². The Morgan fingerprint density at radius 3 is 2.76 bits per heavy atom. The lowest BCUT2D eigenvalue weighted by atomic mass is 9.64. The average molecular weight is 293 g/mol. The zero-order chi connectivity index (χ0) is 15.3. The van der Waals surface area contributed by atoms with Crippen molar-refractivity contribution in [3.63, 3.8) is 0 Å². The highest BCUT2D eigenvalue weighted by molar-refractivity contribution is 5.49. The topological polar surface area (TPSA) is 39.7 Å². The number of rotatable bonds is 8. The van der Waals surface area contributed by atoms with Crippen LogP contribution in [0, 0.1) is 5.41 Å². The summed E-state index contributed by atoms with van der Waals surface area (Å²) < 4.78 is 16.4. The zero-order valence-electron chi connectivity index (χ0n) is 13.5. The van der Waals surface area contributed by atoms with Gasteiger partial charge >= 0.3 is 0 Å². The van der Waals surface area contributed by atoms with Gasteiger partial charge < -0.3 is 19.5 Å². The lowest BCUT2D eigenvalue weighted by Gasteiger charge is -2.52. The standard InChI is InChI=1S/C17H27NO3/c1-5-20-16-12-15(17(16,2)3)18-13-7-6-8-14(11-13)21-10-9-19-4/h6-8,11,15-16,18H,5,9-10,12H2,1-4H3. The van der Waals surface area contributed by atoms with Crippen molar-refractivity contribution in [1.82, 2.24) is 0 Å². The van der Waals surface area contributed by atoms with E-state index in [2.05, 4.69) is 32.2 Å². The van der Waals surface area contributed by atoms with Crippen LogP contribution in [0.5, 0.6) is 5.75 Å². The van der Waals surface area contributed by atoms with Crippen LogP contribution in [0.25, 0.3) is 0 Å². The molecule has 0 bridgehead atoms. The third-order valence-electron chi connectivity index (χ3n) is 4.28. The van der Waals surface area contributed by atoms with Crippen molar-refractivity contribution in [1.29, 1.82) is 0 Å². The van der Waals surface area contributed by atoms with E-state index in [0.717, 1.165) is 24.5 Å². The molecule has 118 valence electrons. The van der Waals surface area contributed by atoms with E-state index in [4.69, 9.17) is 14.2 Å². The molecule has 0 radical (unpaired) electrons. The minimum absolute atomic E-state index is 0.156. The van der Waals surface area contributed by atoms with Crippen LogP contribution in [0.2, 0.25) is 0 Å². The molecule has 1 aromatic rings. The smallest absolute Gasteiger partial charge is 0.121 e. The Labute approximate surface area is 127 Å². The minimum atomic E-state index is 0.156. The number of nitrogens with one attached hydrogen (secondary N) is 1. The summed E-state index contributed by atoms with van der Waals surface area (Å²) in [6, 6.07) is 8.53. The van der Waals surface area contributed by atoms with Crippen molar-refractivity contribution in [3.8, 4) is 5.75 Å². The summed E-state index contributed by atoms with van der Waals surface area (Å²) in [4.78, 5) is 0. The van der Waals surface area contributed by atoms with Crippen LogP contribution >= 0.6 is 0 Å². The summed E-state index contributed by atoms with van der Waals surface area (Å²) in [5, 5.41) is 3.60. The summed E-state index contributed by atoms with van der Waals surface area (Å²) >= 11 is 0. The van der Waals surface area contributed by atoms with Gasteiger partial charge in [0.05, 0.1) is 12.7 Å². The van der Waals surface area contributed by atoms with Crippen molar-refractivity contribution in [2.24, 2.45) is 5.41 Å². The molecule has 0 aromatic heterocycles. The van der Waals surface area contributed by atoms with Crippen LogP contribution in [0.15, 0.2) is 24.3 Å². The van der Waals surface area contributed by atoms with E-state index in [-0.39, 0.29) is 5.41 Å². The van der Waals surface area contributed by atoms with Gasteiger partial charge in [-0.1, -0.05) is 19.9 Å². The SMILES string of the molecule is CCOC1CC(Nc2cccc(OCCOC)c2)C1(C)C. The first-order valence-corrected chi connectivity index (χ1v) is 7.68. The molecule has 4 heteroatoms. The quantitative estimate of drug-likeness (QED) is 0.746. The highest BCUT2D eigenvalue weighted by atomic mass is 16.5. The van der Waals surface area contributed by atoms with E-state index in [1.54, 1.807) is 7.11 Å². The van der Waals surface area contributed by atoms with Crippen molar-refractivity contribution in [2.45, 2.75) is 39.3 Å². The first-order valence-electron chi connectivity index (χ1n) is 7.68. The third-order valence-corrected chi connectivity index (χ3v) is 4.28. The van der Waals surface area contributed by atoms with Crippen LogP contribution in [-0.2, 0) is 9.47 Å². The maximum atomic E-state index is 5.77. The molecular weight excluding hydrogens is 266 g/mol. The Hall–Kier alpha value is -1.26. The molecule has 21 heavy (non-hydrogen) atoms. The van der Waals surface area contributed by atoms with Crippen molar-refractivity contribution in [3.05, 3.63) is 24.3 Å². The van der Waals surface area contributed by atoms with Crippen LogP contribution in [-0.4, -0.2) is 39.1 Å². The fourth-order valence-corrected chi connectivity index (χ4v) is 2.73. The summed E-state index contributed by atoms with van der Waals surface area (Å²) in [5.74, 6) is 0.871. The van der Waals surface area contributed by atoms with E-state index in [0.29, 0.717) is 25.4 Å². The molecule has 0 amide bonds. The maximum Gasteiger partial charge on any atom is 0.121 e.